The van der Waals surface area contributed by atoms with Crippen LogP contribution in [-0.2, 0) is 14.8 Å². The van der Waals surface area contributed by atoms with Crippen molar-refractivity contribution in [2.75, 3.05) is 26.2 Å². The maximum atomic E-state index is 12.4. The Labute approximate surface area is 142 Å². The Bertz CT molecular complexity index is 575. The van der Waals surface area contributed by atoms with E-state index in [1.165, 1.54) is 22.8 Å². The molecule has 0 aromatic carbocycles. The fraction of sp³-hybridized carbons (Fsp3) is 0.500. The average Bonchev–Trinajstić information content (AvgIpc) is 2.47. The topological polar surface area (TPSA) is 96.6 Å². The highest BCUT2D eigenvalue weighted by atomic mass is 35.5. The van der Waals surface area contributed by atoms with Gasteiger partial charge in [-0.15, -0.1) is 24.8 Å². The van der Waals surface area contributed by atoms with Gasteiger partial charge in [0.1, 0.15) is 4.90 Å². The van der Waals surface area contributed by atoms with Gasteiger partial charge in [0, 0.05) is 38.6 Å². The van der Waals surface area contributed by atoms with Crippen LogP contribution in [0.25, 0.3) is 0 Å². The zero-order valence-corrected chi connectivity index (χ0v) is 14.5. The van der Waals surface area contributed by atoms with Crippen LogP contribution in [0.4, 0.5) is 0 Å². The molecule has 2 rings (SSSR count). The molecule has 1 aliphatic heterocycles. The zero-order chi connectivity index (χ0) is 14.8. The van der Waals surface area contributed by atoms with Gasteiger partial charge in [0.05, 0.1) is 6.04 Å². The molecule has 0 saturated carbocycles. The minimum absolute atomic E-state index is 0. The first-order valence-corrected chi connectivity index (χ1v) is 7.81. The Hall–Kier alpha value is -0.930. The Kier molecular flexibility index (Phi) is 8.27. The van der Waals surface area contributed by atoms with E-state index in [2.05, 4.69) is 4.98 Å². The van der Waals surface area contributed by atoms with Crippen LogP contribution in [0.2, 0.25) is 0 Å². The second-order valence-electron chi connectivity index (χ2n) is 4.71. The predicted octanol–water partition coefficient (Wildman–Crippen LogP) is 0.105. The summed E-state index contributed by atoms with van der Waals surface area (Å²) in [4.78, 5) is 17.3. The van der Waals surface area contributed by atoms with E-state index in [0.29, 0.717) is 13.1 Å². The number of pyridine rings is 1. The largest absolute Gasteiger partial charge is 0.339 e. The van der Waals surface area contributed by atoms with Crippen molar-refractivity contribution in [2.45, 2.75) is 17.9 Å². The molecule has 1 fully saturated rings. The van der Waals surface area contributed by atoms with Crippen molar-refractivity contribution in [3.63, 3.8) is 0 Å². The third-order valence-electron chi connectivity index (χ3n) is 3.21. The zero-order valence-electron chi connectivity index (χ0n) is 12.1. The van der Waals surface area contributed by atoms with Gasteiger partial charge in [-0.2, -0.15) is 4.31 Å². The van der Waals surface area contributed by atoms with Crippen molar-refractivity contribution in [1.29, 1.82) is 0 Å². The molecule has 1 amide bonds. The summed E-state index contributed by atoms with van der Waals surface area (Å²) in [5, 5.41) is 0. The number of rotatable bonds is 3. The fourth-order valence-electron chi connectivity index (χ4n) is 2.09. The lowest BCUT2D eigenvalue weighted by molar-refractivity contribution is -0.133. The summed E-state index contributed by atoms with van der Waals surface area (Å²) in [6, 6.07) is 2.54. The number of hydrogen-bond donors (Lipinski definition) is 1. The molecule has 126 valence electrons. The van der Waals surface area contributed by atoms with Crippen LogP contribution in [-0.4, -0.2) is 60.7 Å². The molecule has 2 heterocycles. The van der Waals surface area contributed by atoms with E-state index in [-0.39, 0.29) is 48.7 Å². The van der Waals surface area contributed by atoms with Gasteiger partial charge in [0.2, 0.25) is 15.9 Å². The SMILES string of the molecule is C[C@@H](N)C(=O)N1CCN(S(=O)(=O)c2cccnc2)CC1.Cl.Cl. The number of hydrogen-bond acceptors (Lipinski definition) is 5. The molecule has 1 atom stereocenters. The molecule has 1 aromatic heterocycles. The lowest BCUT2D eigenvalue weighted by Crippen LogP contribution is -2.53. The first-order valence-electron chi connectivity index (χ1n) is 6.37. The minimum atomic E-state index is -3.53. The van der Waals surface area contributed by atoms with E-state index >= 15 is 0 Å². The monoisotopic (exact) mass is 370 g/mol. The summed E-state index contributed by atoms with van der Waals surface area (Å²) in [6.07, 6.45) is 2.85. The number of piperazine rings is 1. The lowest BCUT2D eigenvalue weighted by atomic mass is 10.2. The van der Waals surface area contributed by atoms with Crippen molar-refractivity contribution in [3.05, 3.63) is 24.5 Å². The van der Waals surface area contributed by atoms with Crippen LogP contribution in [0.5, 0.6) is 0 Å². The van der Waals surface area contributed by atoms with E-state index in [0.717, 1.165) is 0 Å². The van der Waals surface area contributed by atoms with E-state index < -0.39 is 16.1 Å². The summed E-state index contributed by atoms with van der Waals surface area (Å²) >= 11 is 0. The second kappa shape index (κ2) is 8.64. The highest BCUT2D eigenvalue weighted by molar-refractivity contribution is 7.89. The van der Waals surface area contributed by atoms with Gasteiger partial charge < -0.3 is 10.6 Å². The minimum Gasteiger partial charge on any atom is -0.339 e. The second-order valence-corrected chi connectivity index (χ2v) is 6.64. The number of carbonyl (C=O) groups is 1. The molecule has 22 heavy (non-hydrogen) atoms. The van der Waals surface area contributed by atoms with Crippen LogP contribution in [0.1, 0.15) is 6.92 Å². The first-order chi connectivity index (χ1) is 9.43. The van der Waals surface area contributed by atoms with Crippen molar-refractivity contribution in [2.24, 2.45) is 5.73 Å². The summed E-state index contributed by atoms with van der Waals surface area (Å²) in [5.41, 5.74) is 5.55. The van der Waals surface area contributed by atoms with E-state index in [1.54, 1.807) is 17.9 Å². The van der Waals surface area contributed by atoms with E-state index in [1.807, 2.05) is 0 Å². The Balaban J connectivity index is 0.00000220. The Morgan fingerprint density at radius 2 is 1.86 bits per heavy atom. The first kappa shape index (κ1) is 21.1. The maximum absolute atomic E-state index is 12.4. The van der Waals surface area contributed by atoms with Gasteiger partial charge in [-0.1, -0.05) is 0 Å². The van der Waals surface area contributed by atoms with Crippen molar-refractivity contribution >= 4 is 40.7 Å². The molecule has 7 nitrogen and oxygen atoms in total. The molecule has 0 unspecified atom stereocenters. The van der Waals surface area contributed by atoms with Crippen LogP contribution < -0.4 is 5.73 Å². The van der Waals surface area contributed by atoms with Crippen LogP contribution in [0, 0.1) is 0 Å². The number of carbonyl (C=O) groups excluding carboxylic acids is 1. The van der Waals surface area contributed by atoms with Gasteiger partial charge in [-0.3, -0.25) is 9.78 Å². The Morgan fingerprint density at radius 3 is 2.32 bits per heavy atom. The third kappa shape index (κ3) is 4.53. The van der Waals surface area contributed by atoms with Crippen LogP contribution in [0.15, 0.2) is 29.4 Å². The summed E-state index contributed by atoms with van der Waals surface area (Å²) in [6.45, 7) is 2.90. The summed E-state index contributed by atoms with van der Waals surface area (Å²) in [5.74, 6) is -0.150. The van der Waals surface area contributed by atoms with Crippen molar-refractivity contribution in [3.8, 4) is 0 Å². The molecule has 0 aliphatic carbocycles. The smallest absolute Gasteiger partial charge is 0.244 e. The van der Waals surface area contributed by atoms with Crippen LogP contribution in [0.3, 0.4) is 0 Å². The molecule has 2 N–H and O–H groups in total. The average molecular weight is 371 g/mol. The van der Waals surface area contributed by atoms with Gasteiger partial charge in [-0.25, -0.2) is 8.42 Å². The fourth-order valence-corrected chi connectivity index (χ4v) is 3.47. The number of aromatic nitrogens is 1. The van der Waals surface area contributed by atoms with Crippen molar-refractivity contribution in [1.82, 2.24) is 14.2 Å². The molecule has 1 aliphatic rings. The highest BCUT2D eigenvalue weighted by Gasteiger charge is 2.30. The molecule has 1 aromatic rings. The van der Waals surface area contributed by atoms with E-state index in [4.69, 9.17) is 5.73 Å². The van der Waals surface area contributed by atoms with Gasteiger partial charge in [0.15, 0.2) is 0 Å². The number of nitrogens with zero attached hydrogens (tertiary/aromatic N) is 3. The van der Waals surface area contributed by atoms with Gasteiger partial charge >= 0.3 is 0 Å². The lowest BCUT2D eigenvalue weighted by Gasteiger charge is -2.34. The number of sulfonamides is 1. The van der Waals surface area contributed by atoms with Crippen molar-refractivity contribution < 1.29 is 13.2 Å². The molecule has 10 heteroatoms. The molecule has 0 radical (unpaired) electrons. The Morgan fingerprint density at radius 1 is 1.27 bits per heavy atom. The highest BCUT2D eigenvalue weighted by Crippen LogP contribution is 2.16. The number of halogens is 2. The molecule has 1 saturated heterocycles. The normalized spacial score (nSPS) is 17.1. The summed E-state index contributed by atoms with van der Waals surface area (Å²) in [7, 11) is -3.53. The van der Waals surface area contributed by atoms with Crippen LogP contribution >= 0.6 is 24.8 Å². The standard InChI is InChI=1S/C12H18N4O3S.2ClH/c1-10(13)12(17)15-5-7-16(8-6-15)20(18,19)11-3-2-4-14-9-11;;/h2-4,9-10H,5-8,13H2,1H3;2*1H/t10-;;/m1../s1. The molecular weight excluding hydrogens is 351 g/mol. The molecular formula is C12H20Cl2N4O3S. The number of amides is 1. The summed E-state index contributed by atoms with van der Waals surface area (Å²) < 4.78 is 26.1. The van der Waals surface area contributed by atoms with E-state index in [9.17, 15) is 13.2 Å². The predicted molar refractivity (Wildman–Crippen MR) is 87.7 cm³/mol. The maximum Gasteiger partial charge on any atom is 0.244 e. The quantitative estimate of drug-likeness (QED) is 0.813. The molecule has 0 spiro atoms. The number of nitrogens with two attached hydrogens (primary N) is 1. The third-order valence-corrected chi connectivity index (χ3v) is 5.09. The van der Waals surface area contributed by atoms with Gasteiger partial charge in [-0.05, 0) is 19.1 Å². The molecule has 0 bridgehead atoms. The van der Waals surface area contributed by atoms with Gasteiger partial charge in [0.25, 0.3) is 0 Å².